The van der Waals surface area contributed by atoms with Gasteiger partial charge in [0.25, 0.3) is 0 Å². The van der Waals surface area contributed by atoms with Crippen LogP contribution >= 0.6 is 0 Å². The summed E-state index contributed by atoms with van der Waals surface area (Å²) in [5.74, 6) is -0.588. The number of esters is 1. The van der Waals surface area contributed by atoms with E-state index < -0.39 is 25.2 Å². The molecule has 2 unspecified atom stereocenters. The Labute approximate surface area is 227 Å². The van der Waals surface area contributed by atoms with Crippen LogP contribution in [-0.4, -0.2) is 47.7 Å². The topological polar surface area (TPSA) is 87.0 Å². The highest BCUT2D eigenvalue weighted by molar-refractivity contribution is 5.74. The van der Waals surface area contributed by atoms with Crippen molar-refractivity contribution in [2.24, 2.45) is 16.7 Å². The maximum absolute atomic E-state index is 13.2. The molecule has 37 heavy (non-hydrogen) atoms. The molecule has 216 valence electrons. The van der Waals surface area contributed by atoms with E-state index in [-0.39, 0.29) is 23.9 Å². The minimum Gasteiger partial charge on any atom is -0.465 e. The van der Waals surface area contributed by atoms with Gasteiger partial charge in [0.05, 0.1) is 31.2 Å². The Hall–Kier alpha value is -1.17. The zero-order chi connectivity index (χ0) is 27.4. The summed E-state index contributed by atoms with van der Waals surface area (Å²) in [6.45, 7) is 4.99. The summed E-state index contributed by atoms with van der Waals surface area (Å²) in [5.41, 5.74) is -0.269. The number of allylic oxidation sites excluding steroid dienone is 4. The molecule has 0 aromatic heterocycles. The first kappa shape index (κ1) is 33.9. The molecule has 5 heteroatoms. The summed E-state index contributed by atoms with van der Waals surface area (Å²) in [7, 11) is 0. The summed E-state index contributed by atoms with van der Waals surface area (Å²) < 4.78 is 5.60. The molecule has 1 aliphatic carbocycles. The van der Waals surface area contributed by atoms with Gasteiger partial charge in [-0.05, 0) is 19.8 Å². The zero-order valence-electron chi connectivity index (χ0n) is 24.3. The van der Waals surface area contributed by atoms with E-state index in [1.54, 1.807) is 0 Å². The minimum absolute atomic E-state index is 0.181. The molecule has 0 aliphatic heterocycles. The Balaban J connectivity index is 2.35. The Morgan fingerprint density at radius 2 is 1.32 bits per heavy atom. The molecule has 0 saturated heterocycles. The van der Waals surface area contributed by atoms with Crippen LogP contribution in [-0.2, 0) is 9.53 Å². The molecule has 0 spiro atoms. The van der Waals surface area contributed by atoms with Crippen molar-refractivity contribution >= 4 is 5.97 Å². The van der Waals surface area contributed by atoms with Crippen molar-refractivity contribution in [1.29, 1.82) is 0 Å². The van der Waals surface area contributed by atoms with Gasteiger partial charge in [-0.2, -0.15) is 0 Å². The number of rotatable bonds is 23. The largest absolute Gasteiger partial charge is 0.465 e. The molecule has 0 fully saturated rings. The minimum atomic E-state index is -1.20. The van der Waals surface area contributed by atoms with E-state index in [2.05, 4.69) is 32.9 Å². The third kappa shape index (κ3) is 13.5. The quantitative estimate of drug-likeness (QED) is 0.0969. The van der Waals surface area contributed by atoms with Crippen molar-refractivity contribution in [2.45, 2.75) is 130 Å². The second kappa shape index (κ2) is 19.8. The Bertz CT molecular complexity index is 643. The number of aliphatic hydroxyl groups is 3. The molecule has 0 aromatic rings. The van der Waals surface area contributed by atoms with Crippen LogP contribution in [0.25, 0.3) is 0 Å². The molecule has 0 bridgehead atoms. The summed E-state index contributed by atoms with van der Waals surface area (Å²) in [4.78, 5) is 13.2. The average Bonchev–Trinajstić information content (AvgIpc) is 2.89. The van der Waals surface area contributed by atoms with E-state index in [1.807, 2.05) is 6.08 Å². The average molecular weight is 523 g/mol. The first-order valence-electron chi connectivity index (χ1n) is 15.2. The maximum Gasteiger partial charge on any atom is 0.309 e. The second-order valence-corrected chi connectivity index (χ2v) is 11.9. The van der Waals surface area contributed by atoms with Gasteiger partial charge < -0.3 is 20.1 Å². The molecule has 3 N–H and O–H groups in total. The highest BCUT2D eigenvalue weighted by Crippen LogP contribution is 2.42. The number of aliphatic hydroxyl groups excluding tert-OH is 3. The van der Waals surface area contributed by atoms with Crippen molar-refractivity contribution in [1.82, 2.24) is 0 Å². The van der Waals surface area contributed by atoms with Crippen molar-refractivity contribution in [3.63, 3.8) is 0 Å². The van der Waals surface area contributed by atoms with Gasteiger partial charge in [0.15, 0.2) is 0 Å². The monoisotopic (exact) mass is 522 g/mol. The normalized spacial score (nSPS) is 18.6. The second-order valence-electron chi connectivity index (χ2n) is 11.9. The highest BCUT2D eigenvalue weighted by Gasteiger charge is 2.40. The summed E-state index contributed by atoms with van der Waals surface area (Å²) in [6, 6.07) is 0. The molecule has 2 atom stereocenters. The van der Waals surface area contributed by atoms with E-state index in [0.29, 0.717) is 0 Å². The molecular weight excluding hydrogens is 464 g/mol. The number of unbranched alkanes of at least 4 members (excludes halogenated alkanes) is 14. The predicted molar refractivity (Wildman–Crippen MR) is 153 cm³/mol. The van der Waals surface area contributed by atoms with Gasteiger partial charge in [-0.25, -0.2) is 0 Å². The molecule has 1 aliphatic rings. The lowest BCUT2D eigenvalue weighted by molar-refractivity contribution is -0.160. The van der Waals surface area contributed by atoms with Crippen LogP contribution in [0.3, 0.4) is 0 Å². The third-order valence-electron chi connectivity index (χ3n) is 8.22. The standard InChI is InChI=1S/C32H58O5/c1-4-5-6-7-8-9-10-11-12-13-14-15-16-17-18-21-29(31(3)22-19-20-28(2)23-31)30(36)37-27-32(24-33,25-34)26-35/h19-20,22,29,33-35H,4-18,21,23-27H2,1-3H3. The number of ether oxygens (including phenoxy) is 1. The van der Waals surface area contributed by atoms with Gasteiger partial charge in [-0.1, -0.05) is 134 Å². The number of carbonyl (C=O) groups excluding carboxylic acids is 1. The van der Waals surface area contributed by atoms with Crippen LogP contribution in [0.4, 0.5) is 0 Å². The van der Waals surface area contributed by atoms with E-state index >= 15 is 0 Å². The first-order chi connectivity index (χ1) is 17.9. The van der Waals surface area contributed by atoms with E-state index in [9.17, 15) is 20.1 Å². The van der Waals surface area contributed by atoms with Gasteiger partial charge >= 0.3 is 5.97 Å². The van der Waals surface area contributed by atoms with E-state index in [4.69, 9.17) is 4.74 Å². The zero-order valence-corrected chi connectivity index (χ0v) is 24.3. The highest BCUT2D eigenvalue weighted by atomic mass is 16.5. The predicted octanol–water partition coefficient (Wildman–Crippen LogP) is 7.28. The van der Waals surface area contributed by atoms with Gasteiger partial charge in [-0.15, -0.1) is 0 Å². The smallest absolute Gasteiger partial charge is 0.309 e. The number of carbonyl (C=O) groups is 1. The van der Waals surface area contributed by atoms with Crippen LogP contribution in [0.1, 0.15) is 130 Å². The molecule has 1 rings (SSSR count). The SMILES string of the molecule is CCCCCCCCCCCCCCCCCC(C(=O)OCC(CO)(CO)CO)C1(C)C=CC=C(C)C1. The fraction of sp³-hybridized carbons (Fsp3) is 0.844. The lowest BCUT2D eigenvalue weighted by Crippen LogP contribution is -2.42. The molecule has 0 saturated carbocycles. The molecule has 5 nitrogen and oxygen atoms in total. The number of hydrogen-bond acceptors (Lipinski definition) is 5. The lowest BCUT2D eigenvalue weighted by Gasteiger charge is -2.37. The Morgan fingerprint density at radius 3 is 1.76 bits per heavy atom. The van der Waals surface area contributed by atoms with Crippen molar-refractivity contribution in [2.75, 3.05) is 26.4 Å². The molecule has 0 aromatic carbocycles. The maximum atomic E-state index is 13.2. The summed E-state index contributed by atoms with van der Waals surface area (Å²) in [5, 5.41) is 28.8. The first-order valence-corrected chi connectivity index (χ1v) is 15.2. The van der Waals surface area contributed by atoms with Crippen LogP contribution in [0.5, 0.6) is 0 Å². The van der Waals surface area contributed by atoms with Crippen LogP contribution < -0.4 is 0 Å². The van der Waals surface area contributed by atoms with Crippen molar-refractivity contribution in [3.8, 4) is 0 Å². The van der Waals surface area contributed by atoms with Crippen LogP contribution in [0.2, 0.25) is 0 Å². The van der Waals surface area contributed by atoms with Gasteiger partial charge in [0.2, 0.25) is 0 Å². The fourth-order valence-electron chi connectivity index (χ4n) is 5.44. The summed E-state index contributed by atoms with van der Waals surface area (Å²) >= 11 is 0. The van der Waals surface area contributed by atoms with E-state index in [1.165, 1.54) is 89.0 Å². The fourth-order valence-corrected chi connectivity index (χ4v) is 5.44. The lowest BCUT2D eigenvalue weighted by atomic mass is 9.69. The Morgan fingerprint density at radius 1 is 0.865 bits per heavy atom. The van der Waals surface area contributed by atoms with Gasteiger partial charge in [0, 0.05) is 5.41 Å². The Kier molecular flexibility index (Phi) is 18.2. The van der Waals surface area contributed by atoms with Crippen molar-refractivity contribution in [3.05, 3.63) is 23.8 Å². The van der Waals surface area contributed by atoms with Crippen LogP contribution in [0, 0.1) is 16.7 Å². The molecule has 0 heterocycles. The summed E-state index contributed by atoms with van der Waals surface area (Å²) in [6.07, 6.45) is 27.5. The molecule has 0 amide bonds. The van der Waals surface area contributed by atoms with Gasteiger partial charge in [-0.3, -0.25) is 4.79 Å². The third-order valence-corrected chi connectivity index (χ3v) is 8.22. The number of hydrogen-bond donors (Lipinski definition) is 3. The molecular formula is C32H58O5. The molecule has 0 radical (unpaired) electrons. The van der Waals surface area contributed by atoms with Crippen molar-refractivity contribution < 1.29 is 24.9 Å². The van der Waals surface area contributed by atoms with E-state index in [0.717, 1.165) is 25.7 Å². The van der Waals surface area contributed by atoms with Crippen LogP contribution in [0.15, 0.2) is 23.8 Å². The van der Waals surface area contributed by atoms with Gasteiger partial charge in [0.1, 0.15) is 6.61 Å².